The summed E-state index contributed by atoms with van der Waals surface area (Å²) in [5.41, 5.74) is 0.698. The average Bonchev–Trinajstić information content (AvgIpc) is 3.38. The number of thioether (sulfide) groups is 1. The largest absolute Gasteiger partial charge is 0.416 e. The Morgan fingerprint density at radius 3 is 2.85 bits per heavy atom. The van der Waals surface area contributed by atoms with Crippen LogP contribution in [0.5, 0.6) is 0 Å². The van der Waals surface area contributed by atoms with Crippen molar-refractivity contribution in [3.63, 3.8) is 0 Å². The number of nitrogens with zero attached hydrogens (tertiary/aromatic N) is 2. The van der Waals surface area contributed by atoms with Gasteiger partial charge < -0.3 is 5.32 Å². The van der Waals surface area contributed by atoms with Crippen molar-refractivity contribution in [3.05, 3.63) is 59.9 Å². The summed E-state index contributed by atoms with van der Waals surface area (Å²) in [6.45, 7) is 4.15. The predicted octanol–water partition coefficient (Wildman–Crippen LogP) is 4.42. The second-order valence-electron chi connectivity index (χ2n) is 6.30. The average molecular weight is 395 g/mol. The number of amides is 1. The molecular weight excluding hydrogens is 375 g/mol. The van der Waals surface area contributed by atoms with Gasteiger partial charge in [-0.1, -0.05) is 12.1 Å². The lowest BCUT2D eigenvalue weighted by Gasteiger charge is -2.12. The number of nitrogens with one attached hydrogen (secondary N) is 1. The third-order valence-corrected chi connectivity index (χ3v) is 5.17. The van der Waals surface area contributed by atoms with Crippen LogP contribution in [-0.4, -0.2) is 33.7 Å². The van der Waals surface area contributed by atoms with Crippen molar-refractivity contribution in [1.29, 1.82) is 0 Å². The molecule has 1 amide bonds. The molecule has 1 aromatic carbocycles. The molecular formula is C19H20F3N3OS. The first kappa shape index (κ1) is 19.5. The Morgan fingerprint density at radius 2 is 2.19 bits per heavy atom. The fourth-order valence-corrected chi connectivity index (χ4v) is 3.38. The number of benzene rings is 1. The molecule has 0 bridgehead atoms. The Labute approximate surface area is 159 Å². The molecule has 0 aliphatic heterocycles. The Morgan fingerprint density at radius 1 is 1.41 bits per heavy atom. The highest BCUT2D eigenvalue weighted by molar-refractivity contribution is 7.99. The maximum absolute atomic E-state index is 13.0. The second kappa shape index (κ2) is 8.21. The van der Waals surface area contributed by atoms with Gasteiger partial charge in [0.15, 0.2) is 0 Å². The lowest BCUT2D eigenvalue weighted by atomic mass is 10.1. The third kappa shape index (κ3) is 4.74. The molecule has 1 aliphatic carbocycles. The molecule has 144 valence electrons. The molecule has 3 rings (SSSR count). The highest BCUT2D eigenvalue weighted by atomic mass is 32.2. The molecule has 1 saturated carbocycles. The number of hydrogen-bond acceptors (Lipinski definition) is 3. The number of alkyl halides is 3. The van der Waals surface area contributed by atoms with E-state index in [1.54, 1.807) is 23.9 Å². The quantitative estimate of drug-likeness (QED) is 0.532. The number of aromatic nitrogens is 2. The standard InChI is InChI=1S/C19H20F3N3OS/c1-2-9-27-10-8-23-18(26)16-12-24-25(17(16)13-6-7-13)15-5-3-4-14(11-15)19(20,21)22/h2-5,11-13H,1,6-10H2,(H,23,26). The number of carbonyl (C=O) groups excluding carboxylic acids is 1. The van der Waals surface area contributed by atoms with Gasteiger partial charge in [-0.25, -0.2) is 4.68 Å². The molecule has 1 N–H and O–H groups in total. The van der Waals surface area contributed by atoms with Crippen LogP contribution in [-0.2, 0) is 6.18 Å². The van der Waals surface area contributed by atoms with Crippen LogP contribution in [0.4, 0.5) is 13.2 Å². The minimum absolute atomic E-state index is 0.151. The molecule has 0 spiro atoms. The first-order valence-electron chi connectivity index (χ1n) is 8.64. The van der Waals surface area contributed by atoms with E-state index >= 15 is 0 Å². The van der Waals surface area contributed by atoms with Crippen LogP contribution in [0.2, 0.25) is 0 Å². The molecule has 0 saturated heterocycles. The van der Waals surface area contributed by atoms with Crippen LogP contribution >= 0.6 is 11.8 Å². The molecule has 27 heavy (non-hydrogen) atoms. The summed E-state index contributed by atoms with van der Waals surface area (Å²) in [5.74, 6) is 1.49. The minimum Gasteiger partial charge on any atom is -0.351 e. The maximum Gasteiger partial charge on any atom is 0.416 e. The smallest absolute Gasteiger partial charge is 0.351 e. The molecule has 1 aromatic heterocycles. The molecule has 8 heteroatoms. The SMILES string of the molecule is C=CCSCCNC(=O)c1cnn(-c2cccc(C(F)(F)F)c2)c1C1CC1. The summed E-state index contributed by atoms with van der Waals surface area (Å²) in [6, 6.07) is 5.01. The summed E-state index contributed by atoms with van der Waals surface area (Å²) >= 11 is 1.66. The lowest BCUT2D eigenvalue weighted by Crippen LogP contribution is -2.26. The number of carbonyl (C=O) groups is 1. The van der Waals surface area contributed by atoms with Crippen LogP contribution < -0.4 is 5.32 Å². The highest BCUT2D eigenvalue weighted by Gasteiger charge is 2.34. The molecule has 4 nitrogen and oxygen atoms in total. The molecule has 0 radical (unpaired) electrons. The van der Waals surface area contributed by atoms with E-state index in [0.29, 0.717) is 23.5 Å². The Balaban J connectivity index is 1.82. The van der Waals surface area contributed by atoms with Crippen molar-refractivity contribution >= 4 is 17.7 Å². The van der Waals surface area contributed by atoms with E-state index in [1.807, 2.05) is 0 Å². The van der Waals surface area contributed by atoms with Gasteiger partial charge in [0, 0.05) is 24.0 Å². The minimum atomic E-state index is -4.42. The van der Waals surface area contributed by atoms with E-state index in [4.69, 9.17) is 0 Å². The van der Waals surface area contributed by atoms with Crippen LogP contribution in [0.1, 0.15) is 40.4 Å². The summed E-state index contributed by atoms with van der Waals surface area (Å²) < 4.78 is 40.5. The lowest BCUT2D eigenvalue weighted by molar-refractivity contribution is -0.137. The highest BCUT2D eigenvalue weighted by Crippen LogP contribution is 2.42. The van der Waals surface area contributed by atoms with Gasteiger partial charge in [0.05, 0.1) is 28.7 Å². The van der Waals surface area contributed by atoms with Gasteiger partial charge in [-0.05, 0) is 31.0 Å². The van der Waals surface area contributed by atoms with Crippen LogP contribution in [0.15, 0.2) is 43.1 Å². The molecule has 1 aliphatic rings. The second-order valence-corrected chi connectivity index (χ2v) is 7.45. The molecule has 1 heterocycles. The van der Waals surface area contributed by atoms with Crippen LogP contribution in [0.25, 0.3) is 5.69 Å². The van der Waals surface area contributed by atoms with E-state index in [1.165, 1.54) is 16.9 Å². The van der Waals surface area contributed by atoms with Crippen molar-refractivity contribution in [2.75, 3.05) is 18.1 Å². The van der Waals surface area contributed by atoms with Gasteiger partial charge in [0.25, 0.3) is 5.91 Å². The summed E-state index contributed by atoms with van der Waals surface area (Å²) in [4.78, 5) is 12.5. The molecule has 1 fully saturated rings. The Hall–Kier alpha value is -2.22. The first-order chi connectivity index (χ1) is 12.9. The molecule has 0 unspecified atom stereocenters. The van der Waals surface area contributed by atoms with Gasteiger partial charge in [0.1, 0.15) is 0 Å². The zero-order valence-electron chi connectivity index (χ0n) is 14.6. The van der Waals surface area contributed by atoms with Gasteiger partial charge in [-0.2, -0.15) is 30.0 Å². The van der Waals surface area contributed by atoms with E-state index in [2.05, 4.69) is 17.0 Å². The number of halogens is 3. The Bertz CT molecular complexity index is 828. The maximum atomic E-state index is 13.0. The van der Waals surface area contributed by atoms with Crippen molar-refractivity contribution in [3.8, 4) is 5.69 Å². The van der Waals surface area contributed by atoms with Crippen molar-refractivity contribution in [2.45, 2.75) is 24.9 Å². The monoisotopic (exact) mass is 395 g/mol. The fourth-order valence-electron chi connectivity index (χ4n) is 2.80. The van der Waals surface area contributed by atoms with Gasteiger partial charge in [-0.3, -0.25) is 4.79 Å². The van der Waals surface area contributed by atoms with E-state index < -0.39 is 11.7 Å². The number of rotatable bonds is 8. The predicted molar refractivity (Wildman–Crippen MR) is 100 cm³/mol. The van der Waals surface area contributed by atoms with Crippen LogP contribution in [0, 0.1) is 0 Å². The topological polar surface area (TPSA) is 46.9 Å². The van der Waals surface area contributed by atoms with Gasteiger partial charge in [-0.15, -0.1) is 6.58 Å². The summed E-state index contributed by atoms with van der Waals surface area (Å²) in [6.07, 6.45) is 0.628. The van der Waals surface area contributed by atoms with E-state index in [-0.39, 0.29) is 11.8 Å². The number of hydrogen-bond donors (Lipinski definition) is 1. The zero-order valence-corrected chi connectivity index (χ0v) is 15.4. The van der Waals surface area contributed by atoms with E-state index in [0.717, 1.165) is 36.5 Å². The van der Waals surface area contributed by atoms with Crippen LogP contribution in [0.3, 0.4) is 0 Å². The Kier molecular flexibility index (Phi) is 5.94. The van der Waals surface area contributed by atoms with Crippen molar-refractivity contribution in [2.24, 2.45) is 0 Å². The molecule has 0 atom stereocenters. The normalized spacial score (nSPS) is 14.2. The van der Waals surface area contributed by atoms with Crippen molar-refractivity contribution < 1.29 is 18.0 Å². The van der Waals surface area contributed by atoms with Crippen molar-refractivity contribution in [1.82, 2.24) is 15.1 Å². The third-order valence-electron chi connectivity index (χ3n) is 4.20. The summed E-state index contributed by atoms with van der Waals surface area (Å²) in [7, 11) is 0. The zero-order chi connectivity index (χ0) is 19.4. The fraction of sp³-hybridized carbons (Fsp3) is 0.368. The summed E-state index contributed by atoms with van der Waals surface area (Å²) in [5, 5.41) is 7.07. The van der Waals surface area contributed by atoms with Gasteiger partial charge >= 0.3 is 6.18 Å². The first-order valence-corrected chi connectivity index (χ1v) is 9.79. The van der Waals surface area contributed by atoms with E-state index in [9.17, 15) is 18.0 Å². The molecule has 2 aromatic rings. The van der Waals surface area contributed by atoms with Gasteiger partial charge in [0.2, 0.25) is 0 Å².